The number of ether oxygens (including phenoxy) is 1. The molecule has 11 heavy (non-hydrogen) atoms. The summed E-state index contributed by atoms with van der Waals surface area (Å²) in [5.41, 5.74) is 7.00. The first-order valence-corrected chi connectivity index (χ1v) is 3.92. The molecule has 0 spiro atoms. The average molecular weight is 172 g/mol. The molecular formula is C6H8N2O2S. The fourth-order valence-electron chi connectivity index (χ4n) is 0.661. The summed E-state index contributed by atoms with van der Waals surface area (Å²) in [5, 5.41) is 1.76. The Hall–Kier alpha value is -1.10. The van der Waals surface area contributed by atoms with Crippen molar-refractivity contribution in [2.24, 2.45) is 0 Å². The van der Waals surface area contributed by atoms with E-state index in [1.54, 1.807) is 5.38 Å². The van der Waals surface area contributed by atoms with Gasteiger partial charge in [0.15, 0.2) is 0 Å². The molecule has 5 heteroatoms. The molecule has 0 aliphatic heterocycles. The number of hydrogen-bond donors (Lipinski definition) is 1. The van der Waals surface area contributed by atoms with Gasteiger partial charge in [0.25, 0.3) is 6.47 Å². The van der Waals surface area contributed by atoms with Gasteiger partial charge in [-0.2, -0.15) is 4.37 Å². The molecule has 0 aromatic carbocycles. The van der Waals surface area contributed by atoms with E-state index in [9.17, 15) is 4.79 Å². The molecule has 0 fully saturated rings. The van der Waals surface area contributed by atoms with Crippen LogP contribution >= 0.6 is 11.5 Å². The van der Waals surface area contributed by atoms with Crippen LogP contribution in [0.15, 0.2) is 5.38 Å². The maximum atomic E-state index is 9.75. The Balaban J connectivity index is 2.38. The van der Waals surface area contributed by atoms with Gasteiger partial charge in [-0.3, -0.25) is 4.79 Å². The highest BCUT2D eigenvalue weighted by molar-refractivity contribution is 7.04. The first kappa shape index (κ1) is 8.00. The van der Waals surface area contributed by atoms with Gasteiger partial charge in [-0.1, -0.05) is 0 Å². The molecule has 0 saturated carbocycles. The van der Waals surface area contributed by atoms with Gasteiger partial charge in [-0.05, 0) is 11.5 Å². The number of carbonyl (C=O) groups excluding carboxylic acids is 1. The minimum atomic E-state index is 0.345. The van der Waals surface area contributed by atoms with Crippen molar-refractivity contribution >= 4 is 23.7 Å². The predicted octanol–water partition coefficient (Wildman–Crippen LogP) is 0.441. The zero-order valence-electron chi connectivity index (χ0n) is 5.82. The first-order chi connectivity index (χ1) is 5.34. The molecule has 1 aromatic heterocycles. The smallest absolute Gasteiger partial charge is 0.293 e. The summed E-state index contributed by atoms with van der Waals surface area (Å²) in [6.45, 7) is 0.764. The Labute approximate surface area is 68.1 Å². The highest BCUT2D eigenvalue weighted by atomic mass is 32.1. The van der Waals surface area contributed by atoms with E-state index in [0.717, 1.165) is 5.69 Å². The van der Waals surface area contributed by atoms with Crippen LogP contribution in [0, 0.1) is 0 Å². The second kappa shape index (κ2) is 3.92. The molecular weight excluding hydrogens is 164 g/mol. The van der Waals surface area contributed by atoms with Gasteiger partial charge in [0.2, 0.25) is 0 Å². The number of carbonyl (C=O) groups is 1. The lowest BCUT2D eigenvalue weighted by Gasteiger charge is -1.95. The summed E-state index contributed by atoms with van der Waals surface area (Å²) >= 11 is 1.31. The van der Waals surface area contributed by atoms with Crippen molar-refractivity contribution in [2.45, 2.75) is 6.42 Å². The molecule has 0 bridgehead atoms. The molecule has 1 heterocycles. The zero-order chi connectivity index (χ0) is 8.10. The van der Waals surface area contributed by atoms with E-state index in [1.165, 1.54) is 11.5 Å². The van der Waals surface area contributed by atoms with Crippen LogP contribution in [0.4, 0.5) is 5.69 Å². The van der Waals surface area contributed by atoms with Crippen molar-refractivity contribution in [2.75, 3.05) is 12.3 Å². The molecule has 4 nitrogen and oxygen atoms in total. The van der Waals surface area contributed by atoms with Crippen LogP contribution in [0.5, 0.6) is 0 Å². The summed E-state index contributed by atoms with van der Waals surface area (Å²) in [6, 6.07) is 0. The fraction of sp³-hybridized carbons (Fsp3) is 0.333. The average Bonchev–Trinajstić information content (AvgIpc) is 2.37. The van der Waals surface area contributed by atoms with E-state index in [-0.39, 0.29) is 0 Å². The highest BCUT2D eigenvalue weighted by Gasteiger charge is 2.00. The quantitative estimate of drug-likeness (QED) is 0.528. The maximum absolute atomic E-state index is 9.75. The van der Waals surface area contributed by atoms with Crippen molar-refractivity contribution in [3.8, 4) is 0 Å². The van der Waals surface area contributed by atoms with Crippen LogP contribution in [0.2, 0.25) is 0 Å². The second-order valence-corrected chi connectivity index (χ2v) is 2.56. The molecule has 0 atom stereocenters. The van der Waals surface area contributed by atoms with Gasteiger partial charge in [0.1, 0.15) is 0 Å². The number of hydrogen-bond acceptors (Lipinski definition) is 5. The normalized spacial score (nSPS) is 9.45. The number of anilines is 1. The Morgan fingerprint density at radius 3 is 3.18 bits per heavy atom. The first-order valence-electron chi connectivity index (χ1n) is 3.08. The number of nitrogens with zero attached hydrogens (tertiary/aromatic N) is 1. The molecule has 1 rings (SSSR count). The van der Waals surface area contributed by atoms with E-state index in [0.29, 0.717) is 25.2 Å². The van der Waals surface area contributed by atoms with Gasteiger partial charge in [-0.15, -0.1) is 0 Å². The number of nitrogen functional groups attached to an aromatic ring is 1. The molecule has 60 valence electrons. The van der Waals surface area contributed by atoms with Gasteiger partial charge in [0, 0.05) is 11.8 Å². The Kier molecular flexibility index (Phi) is 2.85. The SMILES string of the molecule is Nc1csnc1CCOC=O. The van der Waals surface area contributed by atoms with Crippen molar-refractivity contribution in [1.29, 1.82) is 0 Å². The lowest BCUT2D eigenvalue weighted by molar-refractivity contribution is -0.128. The van der Waals surface area contributed by atoms with Gasteiger partial charge in [0.05, 0.1) is 18.0 Å². The van der Waals surface area contributed by atoms with E-state index in [2.05, 4.69) is 9.11 Å². The molecule has 1 aromatic rings. The lowest BCUT2D eigenvalue weighted by Crippen LogP contribution is -1.99. The van der Waals surface area contributed by atoms with Crippen LogP contribution in [0.25, 0.3) is 0 Å². The largest absolute Gasteiger partial charge is 0.467 e. The third-order valence-corrected chi connectivity index (χ3v) is 1.89. The predicted molar refractivity (Wildman–Crippen MR) is 42.2 cm³/mol. The summed E-state index contributed by atoms with van der Waals surface area (Å²) in [6.07, 6.45) is 0.591. The molecule has 0 aliphatic carbocycles. The zero-order valence-corrected chi connectivity index (χ0v) is 6.63. The Morgan fingerprint density at radius 1 is 1.82 bits per heavy atom. The standard InChI is InChI=1S/C6H8N2O2S/c7-5-3-11-8-6(5)1-2-10-4-9/h3-4H,1-2,7H2. The summed E-state index contributed by atoms with van der Waals surface area (Å²) in [7, 11) is 0. The lowest BCUT2D eigenvalue weighted by atomic mass is 10.3. The van der Waals surface area contributed by atoms with Crippen molar-refractivity contribution in [3.63, 3.8) is 0 Å². The van der Waals surface area contributed by atoms with Crippen LogP contribution in [-0.4, -0.2) is 17.5 Å². The summed E-state index contributed by atoms with van der Waals surface area (Å²) in [5.74, 6) is 0. The number of aromatic nitrogens is 1. The molecule has 2 N–H and O–H groups in total. The summed E-state index contributed by atoms with van der Waals surface area (Å²) in [4.78, 5) is 9.75. The van der Waals surface area contributed by atoms with Crippen molar-refractivity contribution in [3.05, 3.63) is 11.1 Å². The van der Waals surface area contributed by atoms with Crippen LogP contribution < -0.4 is 5.73 Å². The monoisotopic (exact) mass is 172 g/mol. The fourth-order valence-corrected chi connectivity index (χ4v) is 1.29. The number of nitrogens with two attached hydrogens (primary N) is 1. The highest BCUT2D eigenvalue weighted by Crippen LogP contribution is 2.12. The Bertz CT molecular complexity index is 236. The molecule has 0 unspecified atom stereocenters. The molecule has 0 aliphatic rings. The van der Waals surface area contributed by atoms with Crippen molar-refractivity contribution in [1.82, 2.24) is 4.37 Å². The van der Waals surface area contributed by atoms with Crippen LogP contribution in [0.3, 0.4) is 0 Å². The minimum Gasteiger partial charge on any atom is -0.467 e. The maximum Gasteiger partial charge on any atom is 0.293 e. The van der Waals surface area contributed by atoms with E-state index < -0.39 is 0 Å². The van der Waals surface area contributed by atoms with Gasteiger partial charge in [-0.25, -0.2) is 0 Å². The van der Waals surface area contributed by atoms with Crippen LogP contribution in [-0.2, 0) is 16.0 Å². The van der Waals surface area contributed by atoms with Crippen molar-refractivity contribution < 1.29 is 9.53 Å². The number of rotatable bonds is 4. The van der Waals surface area contributed by atoms with E-state index in [4.69, 9.17) is 5.73 Å². The molecule has 0 amide bonds. The Morgan fingerprint density at radius 2 is 2.64 bits per heavy atom. The summed E-state index contributed by atoms with van der Waals surface area (Å²) < 4.78 is 8.50. The molecule has 0 saturated heterocycles. The molecule has 0 radical (unpaired) electrons. The van der Waals surface area contributed by atoms with Gasteiger partial charge < -0.3 is 10.5 Å². The minimum absolute atomic E-state index is 0.345. The van der Waals surface area contributed by atoms with E-state index in [1.807, 2.05) is 0 Å². The third kappa shape index (κ3) is 2.19. The third-order valence-electron chi connectivity index (χ3n) is 1.20. The van der Waals surface area contributed by atoms with Crippen LogP contribution in [0.1, 0.15) is 5.69 Å². The second-order valence-electron chi connectivity index (χ2n) is 1.93. The van der Waals surface area contributed by atoms with E-state index >= 15 is 0 Å². The topological polar surface area (TPSA) is 65.2 Å². The van der Waals surface area contributed by atoms with Gasteiger partial charge >= 0.3 is 0 Å².